The smallest absolute Gasteiger partial charge is 0.251 e. The van der Waals surface area contributed by atoms with Gasteiger partial charge in [0.2, 0.25) is 0 Å². The molecule has 1 saturated heterocycles. The molecule has 1 atom stereocenters. The Kier molecular flexibility index (Phi) is 7.34. The Labute approximate surface area is 148 Å². The van der Waals surface area contributed by atoms with Crippen LogP contribution >= 0.6 is 11.6 Å². The quantitative estimate of drug-likeness (QED) is 0.464. The van der Waals surface area contributed by atoms with Crippen molar-refractivity contribution in [2.45, 2.75) is 6.42 Å². The van der Waals surface area contributed by atoms with Gasteiger partial charge in [0, 0.05) is 56.8 Å². The maximum atomic E-state index is 12.0. The van der Waals surface area contributed by atoms with Gasteiger partial charge in [0.05, 0.1) is 6.61 Å². The lowest BCUT2D eigenvalue weighted by Gasteiger charge is -2.21. The molecule has 1 aliphatic rings. The highest BCUT2D eigenvalue weighted by atomic mass is 35.5. The number of hydrogen-bond acceptors (Lipinski definition) is 3. The van der Waals surface area contributed by atoms with Crippen molar-refractivity contribution in [2.75, 3.05) is 46.9 Å². The van der Waals surface area contributed by atoms with E-state index in [0.29, 0.717) is 29.6 Å². The number of nitrogens with zero attached hydrogens (tertiary/aromatic N) is 2. The summed E-state index contributed by atoms with van der Waals surface area (Å²) in [6, 6.07) is 6.84. The summed E-state index contributed by atoms with van der Waals surface area (Å²) < 4.78 is 5.22. The van der Waals surface area contributed by atoms with Gasteiger partial charge < -0.3 is 20.3 Å². The maximum absolute atomic E-state index is 12.0. The topological polar surface area (TPSA) is 66.0 Å². The highest BCUT2D eigenvalue weighted by Crippen LogP contribution is 2.16. The van der Waals surface area contributed by atoms with E-state index in [-0.39, 0.29) is 5.91 Å². The minimum atomic E-state index is -0.107. The highest BCUT2D eigenvalue weighted by molar-refractivity contribution is 6.30. The van der Waals surface area contributed by atoms with Crippen LogP contribution in [0.4, 0.5) is 0 Å². The third-order valence-electron chi connectivity index (χ3n) is 4.00. The van der Waals surface area contributed by atoms with E-state index < -0.39 is 0 Å². The first kappa shape index (κ1) is 18.5. The third kappa shape index (κ3) is 5.39. The number of halogens is 1. The van der Waals surface area contributed by atoms with Gasteiger partial charge in [-0.1, -0.05) is 11.6 Å². The van der Waals surface area contributed by atoms with Crippen LogP contribution < -0.4 is 10.6 Å². The van der Waals surface area contributed by atoms with Crippen molar-refractivity contribution < 1.29 is 9.53 Å². The molecule has 0 bridgehead atoms. The van der Waals surface area contributed by atoms with E-state index >= 15 is 0 Å². The molecule has 7 heteroatoms. The van der Waals surface area contributed by atoms with Crippen LogP contribution in [0.2, 0.25) is 5.02 Å². The number of aliphatic imine (C=N–C) groups is 1. The molecule has 1 fully saturated rings. The Morgan fingerprint density at radius 1 is 1.33 bits per heavy atom. The lowest BCUT2D eigenvalue weighted by Crippen LogP contribution is -2.43. The number of likely N-dealkylation sites (tertiary alicyclic amines) is 1. The van der Waals surface area contributed by atoms with Crippen LogP contribution in [-0.4, -0.2) is 63.7 Å². The number of carbonyl (C=O) groups excluding carboxylic acids is 1. The molecule has 0 aromatic heterocycles. The van der Waals surface area contributed by atoms with E-state index in [2.05, 4.69) is 20.5 Å². The number of amides is 1. The summed E-state index contributed by atoms with van der Waals surface area (Å²) >= 11 is 5.82. The Balaban J connectivity index is 1.71. The Hall–Kier alpha value is -1.79. The molecule has 24 heavy (non-hydrogen) atoms. The Morgan fingerprint density at radius 2 is 2.04 bits per heavy atom. The zero-order chi connectivity index (χ0) is 17.4. The van der Waals surface area contributed by atoms with Gasteiger partial charge in [-0.15, -0.1) is 0 Å². The summed E-state index contributed by atoms with van der Waals surface area (Å²) in [5, 5.41) is 6.79. The number of methoxy groups -OCH3 is 1. The van der Waals surface area contributed by atoms with Crippen LogP contribution in [0.25, 0.3) is 0 Å². The molecule has 0 spiro atoms. The number of carbonyl (C=O) groups is 1. The fourth-order valence-corrected chi connectivity index (χ4v) is 2.91. The number of benzene rings is 1. The first-order chi connectivity index (χ1) is 11.6. The van der Waals surface area contributed by atoms with Gasteiger partial charge in [0.15, 0.2) is 5.96 Å². The van der Waals surface area contributed by atoms with Crippen LogP contribution in [0.3, 0.4) is 0 Å². The molecule has 0 radical (unpaired) electrons. The van der Waals surface area contributed by atoms with Gasteiger partial charge in [-0.3, -0.25) is 9.79 Å². The van der Waals surface area contributed by atoms with Gasteiger partial charge in [-0.25, -0.2) is 0 Å². The van der Waals surface area contributed by atoms with Crippen molar-refractivity contribution in [2.24, 2.45) is 10.9 Å². The summed E-state index contributed by atoms with van der Waals surface area (Å²) in [5.41, 5.74) is 0.603. The van der Waals surface area contributed by atoms with Gasteiger partial charge in [-0.2, -0.15) is 0 Å². The number of guanidine groups is 1. The normalized spacial score (nSPS) is 17.9. The zero-order valence-corrected chi connectivity index (χ0v) is 15.0. The van der Waals surface area contributed by atoms with Gasteiger partial charge in [0.1, 0.15) is 0 Å². The highest BCUT2D eigenvalue weighted by Gasteiger charge is 2.24. The molecule has 132 valence electrons. The molecule has 1 aromatic rings. The molecule has 1 aliphatic heterocycles. The first-order valence-electron chi connectivity index (χ1n) is 8.12. The van der Waals surface area contributed by atoms with Crippen molar-refractivity contribution in [3.05, 3.63) is 34.9 Å². The molecular formula is C17H25ClN4O2. The average molecular weight is 353 g/mol. The van der Waals surface area contributed by atoms with E-state index in [1.807, 2.05) is 0 Å². The van der Waals surface area contributed by atoms with Crippen LogP contribution in [0.5, 0.6) is 0 Å². The van der Waals surface area contributed by atoms with Crippen molar-refractivity contribution in [3.63, 3.8) is 0 Å². The van der Waals surface area contributed by atoms with Crippen molar-refractivity contribution in [1.29, 1.82) is 0 Å². The summed E-state index contributed by atoms with van der Waals surface area (Å²) in [5.74, 6) is 1.32. The molecule has 1 amide bonds. The van der Waals surface area contributed by atoms with Gasteiger partial charge in [-0.05, 0) is 30.7 Å². The molecule has 0 saturated carbocycles. The van der Waals surface area contributed by atoms with E-state index in [4.69, 9.17) is 16.3 Å². The molecule has 2 rings (SSSR count). The number of ether oxygens (including phenoxy) is 1. The maximum Gasteiger partial charge on any atom is 0.251 e. The fourth-order valence-electron chi connectivity index (χ4n) is 2.78. The molecule has 1 heterocycles. The summed E-state index contributed by atoms with van der Waals surface area (Å²) in [6.07, 6.45) is 1.11. The second-order valence-electron chi connectivity index (χ2n) is 5.79. The van der Waals surface area contributed by atoms with E-state index in [1.165, 1.54) is 0 Å². The van der Waals surface area contributed by atoms with E-state index in [9.17, 15) is 4.79 Å². The molecular weight excluding hydrogens is 328 g/mol. The minimum Gasteiger partial charge on any atom is -0.384 e. The molecule has 0 aliphatic carbocycles. The van der Waals surface area contributed by atoms with Crippen LogP contribution in [0, 0.1) is 5.92 Å². The standard InChI is InChI=1S/C17H25ClN4O2/c1-19-17(22-10-7-13(11-22)12-24-2)21-9-8-20-16(23)14-3-5-15(18)6-4-14/h3-6,13H,7-12H2,1-2H3,(H,19,21)(H,20,23). The van der Waals surface area contributed by atoms with E-state index in [1.54, 1.807) is 38.4 Å². The summed E-state index contributed by atoms with van der Waals surface area (Å²) in [6.45, 7) is 3.85. The average Bonchev–Trinajstić information content (AvgIpc) is 3.04. The van der Waals surface area contributed by atoms with Gasteiger partial charge >= 0.3 is 0 Å². The van der Waals surface area contributed by atoms with Crippen LogP contribution in [0.15, 0.2) is 29.3 Å². The zero-order valence-electron chi connectivity index (χ0n) is 14.2. The monoisotopic (exact) mass is 352 g/mol. The number of nitrogens with one attached hydrogen (secondary N) is 2. The second kappa shape index (κ2) is 9.49. The fraction of sp³-hybridized carbons (Fsp3) is 0.529. The summed E-state index contributed by atoms with van der Waals surface area (Å²) in [7, 11) is 3.51. The van der Waals surface area contributed by atoms with Gasteiger partial charge in [0.25, 0.3) is 5.91 Å². The lowest BCUT2D eigenvalue weighted by atomic mass is 10.1. The molecule has 1 aromatic carbocycles. The van der Waals surface area contributed by atoms with Crippen LogP contribution in [0.1, 0.15) is 16.8 Å². The number of rotatable bonds is 6. The minimum absolute atomic E-state index is 0.107. The van der Waals surface area contributed by atoms with E-state index in [0.717, 1.165) is 32.1 Å². The van der Waals surface area contributed by atoms with Crippen LogP contribution in [-0.2, 0) is 4.74 Å². The van der Waals surface area contributed by atoms with Crippen molar-refractivity contribution >= 4 is 23.5 Å². The molecule has 1 unspecified atom stereocenters. The third-order valence-corrected chi connectivity index (χ3v) is 4.25. The van der Waals surface area contributed by atoms with Crippen molar-refractivity contribution in [1.82, 2.24) is 15.5 Å². The number of hydrogen-bond donors (Lipinski definition) is 2. The lowest BCUT2D eigenvalue weighted by molar-refractivity contribution is 0.0954. The SMILES string of the molecule is CN=C(NCCNC(=O)c1ccc(Cl)cc1)N1CCC(COC)C1. The largest absolute Gasteiger partial charge is 0.384 e. The summed E-state index contributed by atoms with van der Waals surface area (Å²) in [4.78, 5) is 18.5. The Morgan fingerprint density at radius 3 is 2.71 bits per heavy atom. The Bertz CT molecular complexity index is 562. The molecule has 2 N–H and O–H groups in total. The van der Waals surface area contributed by atoms with Crippen molar-refractivity contribution in [3.8, 4) is 0 Å². The predicted octanol–water partition coefficient (Wildman–Crippen LogP) is 1.61. The molecule has 6 nitrogen and oxygen atoms in total. The second-order valence-corrected chi connectivity index (χ2v) is 6.23. The first-order valence-corrected chi connectivity index (χ1v) is 8.50. The predicted molar refractivity (Wildman–Crippen MR) is 96.7 cm³/mol.